The van der Waals surface area contributed by atoms with Crippen molar-refractivity contribution in [3.05, 3.63) is 52.3 Å². The first kappa shape index (κ1) is 14.1. The van der Waals surface area contributed by atoms with Crippen LogP contribution in [-0.4, -0.2) is 21.5 Å². The van der Waals surface area contributed by atoms with Gasteiger partial charge in [0.05, 0.1) is 6.04 Å². The Morgan fingerprint density at radius 2 is 1.95 bits per heavy atom. The number of rotatable bonds is 5. The van der Waals surface area contributed by atoms with Crippen LogP contribution < -0.4 is 5.32 Å². The van der Waals surface area contributed by atoms with Gasteiger partial charge >= 0.3 is 0 Å². The van der Waals surface area contributed by atoms with Crippen LogP contribution in [0.3, 0.4) is 0 Å². The molecule has 0 saturated carbocycles. The SMILES string of the molecule is CCNC(Cc1cncc(Br)c1)c1ncc(C)cn1. The Balaban J connectivity index is 2.18. The highest BCUT2D eigenvalue weighted by atomic mass is 79.9. The first-order valence-corrected chi connectivity index (χ1v) is 7.09. The Morgan fingerprint density at radius 1 is 1.21 bits per heavy atom. The number of hydrogen-bond donors (Lipinski definition) is 1. The number of nitrogens with zero attached hydrogens (tertiary/aromatic N) is 3. The number of pyridine rings is 1. The van der Waals surface area contributed by atoms with Gasteiger partial charge in [-0.05, 0) is 53.0 Å². The molecule has 0 saturated heterocycles. The van der Waals surface area contributed by atoms with Crippen molar-refractivity contribution in [2.45, 2.75) is 26.3 Å². The van der Waals surface area contributed by atoms with Crippen LogP contribution in [0.5, 0.6) is 0 Å². The minimum absolute atomic E-state index is 0.113. The third-order valence-corrected chi connectivity index (χ3v) is 3.20. The fourth-order valence-corrected chi connectivity index (χ4v) is 2.30. The minimum atomic E-state index is 0.113. The molecule has 1 unspecified atom stereocenters. The number of likely N-dealkylation sites (N-methyl/N-ethyl adjacent to an activating group) is 1. The van der Waals surface area contributed by atoms with E-state index in [4.69, 9.17) is 0 Å². The monoisotopic (exact) mass is 320 g/mol. The van der Waals surface area contributed by atoms with Crippen LogP contribution in [0.1, 0.15) is 29.9 Å². The number of hydrogen-bond acceptors (Lipinski definition) is 4. The molecule has 0 spiro atoms. The summed E-state index contributed by atoms with van der Waals surface area (Å²) in [5, 5.41) is 3.42. The van der Waals surface area contributed by atoms with Gasteiger partial charge in [0, 0.05) is 29.3 Å². The fraction of sp³-hybridized carbons (Fsp3) is 0.357. The van der Waals surface area contributed by atoms with E-state index in [1.807, 2.05) is 25.5 Å². The van der Waals surface area contributed by atoms with E-state index in [0.717, 1.165) is 34.4 Å². The predicted octanol–water partition coefficient (Wildman–Crippen LogP) is 2.84. The van der Waals surface area contributed by atoms with E-state index in [0.29, 0.717) is 0 Å². The summed E-state index contributed by atoms with van der Waals surface area (Å²) in [5.41, 5.74) is 2.23. The molecule has 0 aliphatic rings. The van der Waals surface area contributed by atoms with Gasteiger partial charge in [0.1, 0.15) is 5.82 Å². The molecule has 5 heteroatoms. The summed E-state index contributed by atoms with van der Waals surface area (Å²) in [6, 6.07) is 2.19. The summed E-state index contributed by atoms with van der Waals surface area (Å²) in [4.78, 5) is 13.0. The maximum atomic E-state index is 4.41. The number of aromatic nitrogens is 3. The minimum Gasteiger partial charge on any atom is -0.307 e. The van der Waals surface area contributed by atoms with Crippen LogP contribution in [0.15, 0.2) is 35.3 Å². The molecule has 0 aliphatic heterocycles. The van der Waals surface area contributed by atoms with Gasteiger partial charge in [-0.2, -0.15) is 0 Å². The molecule has 2 heterocycles. The van der Waals surface area contributed by atoms with Crippen molar-refractivity contribution in [3.63, 3.8) is 0 Å². The van der Waals surface area contributed by atoms with Crippen molar-refractivity contribution < 1.29 is 0 Å². The van der Waals surface area contributed by atoms with E-state index in [2.05, 4.69) is 49.2 Å². The van der Waals surface area contributed by atoms with E-state index in [9.17, 15) is 0 Å². The van der Waals surface area contributed by atoms with Crippen LogP contribution in [0.25, 0.3) is 0 Å². The third kappa shape index (κ3) is 4.08. The van der Waals surface area contributed by atoms with E-state index >= 15 is 0 Å². The zero-order valence-electron chi connectivity index (χ0n) is 11.1. The molecule has 2 aromatic heterocycles. The molecule has 2 rings (SSSR count). The molecule has 0 aliphatic carbocycles. The van der Waals surface area contributed by atoms with Crippen LogP contribution in [0, 0.1) is 6.92 Å². The molecule has 19 heavy (non-hydrogen) atoms. The first-order chi connectivity index (χ1) is 9.19. The van der Waals surface area contributed by atoms with Gasteiger partial charge < -0.3 is 5.32 Å². The lowest BCUT2D eigenvalue weighted by Gasteiger charge is -2.16. The largest absolute Gasteiger partial charge is 0.307 e. The average Bonchev–Trinajstić information content (AvgIpc) is 2.39. The zero-order valence-corrected chi connectivity index (χ0v) is 12.7. The van der Waals surface area contributed by atoms with Crippen molar-refractivity contribution >= 4 is 15.9 Å². The van der Waals surface area contributed by atoms with Gasteiger partial charge in [-0.25, -0.2) is 9.97 Å². The van der Waals surface area contributed by atoms with Crippen molar-refractivity contribution in [1.82, 2.24) is 20.3 Å². The molecular weight excluding hydrogens is 304 g/mol. The summed E-state index contributed by atoms with van der Waals surface area (Å²) >= 11 is 3.44. The van der Waals surface area contributed by atoms with Gasteiger partial charge in [-0.3, -0.25) is 4.98 Å². The molecule has 0 fully saturated rings. The molecule has 1 N–H and O–H groups in total. The topological polar surface area (TPSA) is 50.7 Å². The summed E-state index contributed by atoms with van der Waals surface area (Å²) in [6.07, 6.45) is 8.19. The van der Waals surface area contributed by atoms with E-state index in [1.54, 1.807) is 6.20 Å². The first-order valence-electron chi connectivity index (χ1n) is 6.30. The second-order valence-electron chi connectivity index (χ2n) is 4.44. The van der Waals surface area contributed by atoms with E-state index in [-0.39, 0.29) is 6.04 Å². The predicted molar refractivity (Wildman–Crippen MR) is 78.8 cm³/mol. The van der Waals surface area contributed by atoms with Crippen molar-refractivity contribution in [2.24, 2.45) is 0 Å². The highest BCUT2D eigenvalue weighted by Crippen LogP contribution is 2.17. The molecule has 1 atom stereocenters. The maximum Gasteiger partial charge on any atom is 0.145 e. The standard InChI is InChI=1S/C14H17BrN4/c1-3-17-13(14-18-6-10(2)7-19-14)5-11-4-12(15)9-16-8-11/h4,6-9,13,17H,3,5H2,1-2H3. The fourth-order valence-electron chi connectivity index (χ4n) is 1.89. The molecule has 2 aromatic rings. The lowest BCUT2D eigenvalue weighted by Crippen LogP contribution is -2.25. The third-order valence-electron chi connectivity index (χ3n) is 2.76. The van der Waals surface area contributed by atoms with Gasteiger partial charge in [0.25, 0.3) is 0 Å². The van der Waals surface area contributed by atoms with Crippen molar-refractivity contribution in [1.29, 1.82) is 0 Å². The molecule has 0 amide bonds. The Morgan fingerprint density at radius 3 is 2.58 bits per heavy atom. The Labute approximate surface area is 121 Å². The molecule has 0 bridgehead atoms. The lowest BCUT2D eigenvalue weighted by molar-refractivity contribution is 0.520. The second-order valence-corrected chi connectivity index (χ2v) is 5.36. The Hall–Kier alpha value is -1.33. The molecule has 0 aromatic carbocycles. The molecular formula is C14H17BrN4. The summed E-state index contributed by atoms with van der Waals surface area (Å²) < 4.78 is 0.991. The normalized spacial score (nSPS) is 12.4. The summed E-state index contributed by atoms with van der Waals surface area (Å²) in [5.74, 6) is 0.826. The Kier molecular flexibility index (Phi) is 4.99. The van der Waals surface area contributed by atoms with Crippen LogP contribution in [0.2, 0.25) is 0 Å². The van der Waals surface area contributed by atoms with Gasteiger partial charge in [-0.15, -0.1) is 0 Å². The van der Waals surface area contributed by atoms with Gasteiger partial charge in [-0.1, -0.05) is 6.92 Å². The zero-order chi connectivity index (χ0) is 13.7. The van der Waals surface area contributed by atoms with Gasteiger partial charge in [0.15, 0.2) is 0 Å². The molecule has 0 radical (unpaired) electrons. The van der Waals surface area contributed by atoms with Crippen LogP contribution in [-0.2, 0) is 6.42 Å². The average molecular weight is 321 g/mol. The quantitative estimate of drug-likeness (QED) is 0.920. The Bertz CT molecular complexity index is 527. The van der Waals surface area contributed by atoms with Crippen LogP contribution in [0.4, 0.5) is 0 Å². The summed E-state index contributed by atoms with van der Waals surface area (Å²) in [6.45, 7) is 4.95. The van der Waals surface area contributed by atoms with E-state index < -0.39 is 0 Å². The van der Waals surface area contributed by atoms with E-state index in [1.165, 1.54) is 0 Å². The second kappa shape index (κ2) is 6.73. The number of halogens is 1. The van der Waals surface area contributed by atoms with Crippen molar-refractivity contribution in [2.75, 3.05) is 6.54 Å². The highest BCUT2D eigenvalue weighted by Gasteiger charge is 2.14. The van der Waals surface area contributed by atoms with Gasteiger partial charge in [0.2, 0.25) is 0 Å². The summed E-state index contributed by atoms with van der Waals surface area (Å²) in [7, 11) is 0. The number of aryl methyl sites for hydroxylation is 1. The maximum absolute atomic E-state index is 4.41. The van der Waals surface area contributed by atoms with Crippen LogP contribution >= 0.6 is 15.9 Å². The smallest absolute Gasteiger partial charge is 0.145 e. The highest BCUT2D eigenvalue weighted by molar-refractivity contribution is 9.10. The molecule has 4 nitrogen and oxygen atoms in total. The lowest BCUT2D eigenvalue weighted by atomic mass is 10.1. The molecule has 100 valence electrons. The van der Waals surface area contributed by atoms with Crippen molar-refractivity contribution in [3.8, 4) is 0 Å². The number of nitrogens with one attached hydrogen (secondary N) is 1.